The van der Waals surface area contributed by atoms with E-state index in [0.717, 1.165) is 0 Å². The maximum atomic E-state index is 13.1. The molecule has 144 valence electrons. The predicted octanol–water partition coefficient (Wildman–Crippen LogP) is 5.35. The Morgan fingerprint density at radius 2 is 0.800 bits per heavy atom. The van der Waals surface area contributed by atoms with Crippen molar-refractivity contribution in [2.45, 2.75) is 0 Å². The lowest BCUT2D eigenvalue weighted by Gasteiger charge is -2.06. The van der Waals surface area contributed by atoms with Crippen LogP contribution in [0.2, 0.25) is 0 Å². The van der Waals surface area contributed by atoms with Crippen molar-refractivity contribution in [2.24, 2.45) is 0 Å². The molecule has 0 heterocycles. The fraction of sp³-hybridized carbons (Fsp3) is 0. The molecule has 0 radical (unpaired) electrons. The van der Waals surface area contributed by atoms with E-state index < -0.39 is 8.07 Å². The van der Waals surface area contributed by atoms with Gasteiger partial charge < -0.3 is 0 Å². The molecule has 0 aromatic heterocycles. The summed E-state index contributed by atoms with van der Waals surface area (Å²) in [4.78, 5) is 0. The number of hydrogen-bond acceptors (Lipinski definition) is 0. The molecule has 0 saturated carbocycles. The van der Waals surface area contributed by atoms with Gasteiger partial charge in [-0.2, -0.15) is 0 Å². The second-order valence-corrected chi connectivity index (χ2v) is 9.06. The minimum atomic E-state index is -2.96. The first-order valence-corrected chi connectivity index (χ1v) is 11.1. The van der Waals surface area contributed by atoms with E-state index in [1.807, 2.05) is 0 Å². The molecule has 0 N–H and O–H groups in total. The molecular formula is C26H15F3Si. The first-order valence-electron chi connectivity index (χ1n) is 8.98. The molecule has 30 heavy (non-hydrogen) atoms. The van der Waals surface area contributed by atoms with Crippen LogP contribution in [0.3, 0.4) is 0 Å². The molecule has 3 rings (SSSR count). The molecule has 0 aliphatic heterocycles. The number of hydrogen-bond donors (Lipinski definition) is 0. The SMILES string of the molecule is C=C[Si](C#Cc1ccc(F)cc1)(C#Cc1ccc(F)cc1)C#Cc1ccc(F)cc1. The molecular weight excluding hydrogens is 397 g/mol. The van der Waals surface area contributed by atoms with Crippen molar-refractivity contribution < 1.29 is 13.2 Å². The maximum absolute atomic E-state index is 13.1. The van der Waals surface area contributed by atoms with Crippen LogP contribution < -0.4 is 0 Å². The number of halogens is 3. The smallest absolute Gasteiger partial charge is 0.207 e. The van der Waals surface area contributed by atoms with Gasteiger partial charge in [-0.25, -0.2) is 13.2 Å². The highest BCUT2D eigenvalue weighted by molar-refractivity contribution is 7.04. The third-order valence-electron chi connectivity index (χ3n) is 4.05. The summed E-state index contributed by atoms with van der Waals surface area (Å²) >= 11 is 0. The van der Waals surface area contributed by atoms with E-state index in [-0.39, 0.29) is 17.5 Å². The molecule has 0 aliphatic carbocycles. The summed E-state index contributed by atoms with van der Waals surface area (Å²) in [5.74, 6) is 7.97. The zero-order valence-electron chi connectivity index (χ0n) is 15.8. The van der Waals surface area contributed by atoms with Crippen LogP contribution in [-0.4, -0.2) is 8.07 Å². The molecule has 3 aromatic carbocycles. The van der Waals surface area contributed by atoms with Crippen molar-refractivity contribution in [2.75, 3.05) is 0 Å². The van der Waals surface area contributed by atoms with Gasteiger partial charge in [-0.05, 0) is 72.8 Å². The van der Waals surface area contributed by atoms with Crippen LogP contribution in [0, 0.1) is 51.8 Å². The summed E-state index contributed by atoms with van der Waals surface area (Å²) in [5, 5.41) is 0. The lowest BCUT2D eigenvalue weighted by Crippen LogP contribution is -2.27. The normalized spacial score (nSPS) is 9.83. The molecule has 0 bridgehead atoms. The van der Waals surface area contributed by atoms with E-state index in [9.17, 15) is 13.2 Å². The topological polar surface area (TPSA) is 0 Å². The summed E-state index contributed by atoms with van der Waals surface area (Å²) in [5.41, 5.74) is 12.9. The summed E-state index contributed by atoms with van der Waals surface area (Å²) in [6, 6.07) is 17.4. The maximum Gasteiger partial charge on any atom is 0.315 e. The zero-order chi connectivity index (χ0) is 21.4. The third-order valence-corrected chi connectivity index (χ3v) is 6.22. The fourth-order valence-electron chi connectivity index (χ4n) is 2.36. The Bertz CT molecular complexity index is 1070. The van der Waals surface area contributed by atoms with Gasteiger partial charge >= 0.3 is 8.07 Å². The van der Waals surface area contributed by atoms with Crippen molar-refractivity contribution >= 4 is 8.07 Å². The minimum absolute atomic E-state index is 0.347. The van der Waals surface area contributed by atoms with Crippen LogP contribution in [0.5, 0.6) is 0 Å². The van der Waals surface area contributed by atoms with Crippen molar-refractivity contribution in [3.63, 3.8) is 0 Å². The van der Waals surface area contributed by atoms with Crippen LogP contribution >= 0.6 is 0 Å². The van der Waals surface area contributed by atoms with Crippen molar-refractivity contribution in [3.05, 3.63) is 119 Å². The zero-order valence-corrected chi connectivity index (χ0v) is 16.8. The van der Waals surface area contributed by atoms with E-state index in [1.165, 1.54) is 36.4 Å². The molecule has 0 saturated heterocycles. The first kappa shape index (κ1) is 20.8. The van der Waals surface area contributed by atoms with Gasteiger partial charge in [0, 0.05) is 16.7 Å². The lowest BCUT2D eigenvalue weighted by atomic mass is 10.2. The van der Waals surface area contributed by atoms with Gasteiger partial charge in [0.05, 0.1) is 0 Å². The highest BCUT2D eigenvalue weighted by atomic mass is 28.3. The third kappa shape index (κ3) is 5.79. The van der Waals surface area contributed by atoms with E-state index >= 15 is 0 Å². The summed E-state index contributed by atoms with van der Waals surface area (Å²) < 4.78 is 39.4. The van der Waals surface area contributed by atoms with Gasteiger partial charge in [0.25, 0.3) is 0 Å². The van der Waals surface area contributed by atoms with Crippen LogP contribution in [0.25, 0.3) is 0 Å². The van der Waals surface area contributed by atoms with Crippen molar-refractivity contribution in [1.82, 2.24) is 0 Å². The second kappa shape index (κ2) is 9.53. The Kier molecular flexibility index (Phi) is 6.61. The average Bonchev–Trinajstić information content (AvgIpc) is 2.77. The van der Waals surface area contributed by atoms with Gasteiger partial charge in [-0.15, -0.1) is 6.58 Å². The van der Waals surface area contributed by atoms with Gasteiger partial charge in [0.2, 0.25) is 0 Å². The fourth-order valence-corrected chi connectivity index (χ4v) is 3.88. The van der Waals surface area contributed by atoms with Gasteiger partial charge in [-0.3, -0.25) is 0 Å². The molecule has 0 amide bonds. The number of benzene rings is 3. The number of rotatable bonds is 1. The standard InChI is InChI=1S/C26H15F3Si/c1-2-30(18-15-21-3-9-24(27)10-4-21,19-16-22-5-11-25(28)12-6-22)20-17-23-7-13-26(29)14-8-23/h2-14H,1H2. The molecule has 3 aromatic rings. The summed E-state index contributed by atoms with van der Waals surface area (Å²) in [6.07, 6.45) is 0. The molecule has 0 fully saturated rings. The first-order chi connectivity index (χ1) is 14.5. The quantitative estimate of drug-likeness (QED) is 0.373. The van der Waals surface area contributed by atoms with Crippen molar-refractivity contribution in [3.8, 4) is 34.4 Å². The van der Waals surface area contributed by atoms with Crippen LogP contribution in [0.4, 0.5) is 13.2 Å². The van der Waals surface area contributed by atoms with Gasteiger partial charge in [0.15, 0.2) is 0 Å². The van der Waals surface area contributed by atoms with Crippen LogP contribution in [-0.2, 0) is 0 Å². The average molecular weight is 412 g/mol. The highest BCUT2D eigenvalue weighted by Gasteiger charge is 2.23. The summed E-state index contributed by atoms with van der Waals surface area (Å²) in [7, 11) is -2.96. The molecule has 4 heteroatoms. The van der Waals surface area contributed by atoms with Crippen LogP contribution in [0.15, 0.2) is 85.1 Å². The molecule has 0 spiro atoms. The van der Waals surface area contributed by atoms with E-state index in [0.29, 0.717) is 16.7 Å². The van der Waals surface area contributed by atoms with E-state index in [1.54, 1.807) is 42.1 Å². The molecule has 0 nitrogen and oxygen atoms in total. The second-order valence-electron chi connectivity index (χ2n) is 6.28. The molecule has 0 aliphatic rings. The Morgan fingerprint density at radius 3 is 1.03 bits per heavy atom. The Hall–Kier alpha value is -3.91. The predicted molar refractivity (Wildman–Crippen MR) is 116 cm³/mol. The van der Waals surface area contributed by atoms with Gasteiger partial charge in [0.1, 0.15) is 17.5 Å². The van der Waals surface area contributed by atoms with E-state index in [4.69, 9.17) is 0 Å². The summed E-state index contributed by atoms with van der Waals surface area (Å²) in [6.45, 7) is 3.89. The monoisotopic (exact) mass is 412 g/mol. The Balaban J connectivity index is 2.04. The van der Waals surface area contributed by atoms with E-state index in [2.05, 4.69) is 41.0 Å². The Morgan fingerprint density at radius 1 is 0.533 bits per heavy atom. The molecule has 0 unspecified atom stereocenters. The largest absolute Gasteiger partial charge is 0.315 e. The van der Waals surface area contributed by atoms with Crippen molar-refractivity contribution in [1.29, 1.82) is 0 Å². The van der Waals surface area contributed by atoms with Gasteiger partial charge in [-0.1, -0.05) is 40.1 Å². The lowest BCUT2D eigenvalue weighted by molar-refractivity contribution is 0.627. The molecule has 0 atom stereocenters. The minimum Gasteiger partial charge on any atom is -0.207 e. The van der Waals surface area contributed by atoms with Crippen LogP contribution in [0.1, 0.15) is 16.7 Å². The highest BCUT2D eigenvalue weighted by Crippen LogP contribution is 2.08. The Labute approximate surface area is 175 Å².